The third kappa shape index (κ3) is 2.90. The molecule has 22 heavy (non-hydrogen) atoms. The molecule has 1 aromatic heterocycles. The van der Waals surface area contributed by atoms with Crippen molar-refractivity contribution in [1.82, 2.24) is 19.8 Å². The molecule has 1 aliphatic rings. The summed E-state index contributed by atoms with van der Waals surface area (Å²) in [5.74, 6) is 0.433. The molecule has 5 nitrogen and oxygen atoms in total. The van der Waals surface area contributed by atoms with Crippen LogP contribution in [0.4, 0.5) is 0 Å². The SMILES string of the molecule is CCNC(=O)c1nc2c(n1C)CCN(Cc1ccccc1)C2. The summed E-state index contributed by atoms with van der Waals surface area (Å²) in [6.45, 7) is 5.26. The molecule has 0 fully saturated rings. The zero-order valence-electron chi connectivity index (χ0n) is 13.2. The van der Waals surface area contributed by atoms with E-state index in [4.69, 9.17) is 0 Å². The Kier molecular flexibility index (Phi) is 4.24. The lowest BCUT2D eigenvalue weighted by atomic mass is 10.1. The molecule has 0 bridgehead atoms. The molecular formula is C17H22N4O. The maximum atomic E-state index is 12.0. The van der Waals surface area contributed by atoms with Gasteiger partial charge in [-0.25, -0.2) is 4.98 Å². The number of carbonyl (C=O) groups excluding carboxylic acids is 1. The van der Waals surface area contributed by atoms with Crippen LogP contribution in [0.2, 0.25) is 0 Å². The molecule has 0 aliphatic carbocycles. The third-order valence-corrected chi connectivity index (χ3v) is 4.12. The van der Waals surface area contributed by atoms with E-state index in [9.17, 15) is 4.79 Å². The van der Waals surface area contributed by atoms with Crippen LogP contribution in [0.1, 0.15) is 34.5 Å². The zero-order valence-corrected chi connectivity index (χ0v) is 13.2. The summed E-state index contributed by atoms with van der Waals surface area (Å²) in [5.41, 5.74) is 3.53. The third-order valence-electron chi connectivity index (χ3n) is 4.12. The van der Waals surface area contributed by atoms with Gasteiger partial charge < -0.3 is 9.88 Å². The Hall–Kier alpha value is -2.14. The maximum absolute atomic E-state index is 12.0. The van der Waals surface area contributed by atoms with Gasteiger partial charge in [-0.2, -0.15) is 0 Å². The van der Waals surface area contributed by atoms with Gasteiger partial charge in [-0.15, -0.1) is 0 Å². The molecule has 0 radical (unpaired) electrons. The van der Waals surface area contributed by atoms with Crippen molar-refractivity contribution < 1.29 is 4.79 Å². The molecule has 1 amide bonds. The first-order valence-corrected chi connectivity index (χ1v) is 7.78. The number of imidazole rings is 1. The quantitative estimate of drug-likeness (QED) is 0.935. The minimum Gasteiger partial charge on any atom is -0.350 e. The first-order chi connectivity index (χ1) is 10.7. The number of hydrogen-bond donors (Lipinski definition) is 1. The van der Waals surface area contributed by atoms with Crippen molar-refractivity contribution in [1.29, 1.82) is 0 Å². The number of nitrogens with zero attached hydrogens (tertiary/aromatic N) is 3. The number of hydrogen-bond acceptors (Lipinski definition) is 3. The molecule has 5 heteroatoms. The Labute approximate surface area is 131 Å². The van der Waals surface area contributed by atoms with Crippen LogP contribution in [-0.4, -0.2) is 33.4 Å². The lowest BCUT2D eigenvalue weighted by Gasteiger charge is -2.26. The first-order valence-electron chi connectivity index (χ1n) is 7.78. The van der Waals surface area contributed by atoms with Gasteiger partial charge in [0.05, 0.1) is 5.69 Å². The molecule has 2 heterocycles. The molecular weight excluding hydrogens is 276 g/mol. The van der Waals surface area contributed by atoms with Gasteiger partial charge in [0.2, 0.25) is 0 Å². The summed E-state index contributed by atoms with van der Waals surface area (Å²) in [5, 5.41) is 2.83. The van der Waals surface area contributed by atoms with E-state index in [0.29, 0.717) is 12.4 Å². The number of amides is 1. The molecule has 1 aliphatic heterocycles. The molecule has 3 rings (SSSR count). The smallest absolute Gasteiger partial charge is 0.287 e. The maximum Gasteiger partial charge on any atom is 0.287 e. The van der Waals surface area contributed by atoms with Gasteiger partial charge in [0.15, 0.2) is 5.82 Å². The van der Waals surface area contributed by atoms with Crippen molar-refractivity contribution in [2.75, 3.05) is 13.1 Å². The molecule has 0 spiro atoms. The van der Waals surface area contributed by atoms with E-state index in [1.807, 2.05) is 24.6 Å². The second-order valence-electron chi connectivity index (χ2n) is 5.69. The Morgan fingerprint density at radius 1 is 1.32 bits per heavy atom. The van der Waals surface area contributed by atoms with Crippen LogP contribution in [0.5, 0.6) is 0 Å². The molecule has 0 unspecified atom stereocenters. The van der Waals surface area contributed by atoms with Gasteiger partial charge in [-0.3, -0.25) is 9.69 Å². The molecule has 116 valence electrons. The van der Waals surface area contributed by atoms with Gasteiger partial charge >= 0.3 is 0 Å². The van der Waals surface area contributed by atoms with Crippen molar-refractivity contribution in [2.45, 2.75) is 26.4 Å². The van der Waals surface area contributed by atoms with Crippen LogP contribution in [0.25, 0.3) is 0 Å². The van der Waals surface area contributed by atoms with Crippen molar-refractivity contribution in [2.24, 2.45) is 7.05 Å². The number of benzene rings is 1. The highest BCUT2D eigenvalue weighted by molar-refractivity contribution is 5.91. The minimum atomic E-state index is -0.0889. The Morgan fingerprint density at radius 2 is 2.09 bits per heavy atom. The standard InChI is InChI=1S/C17H22N4O/c1-3-18-17(22)16-19-14-12-21(10-9-15(14)20(16)2)11-13-7-5-4-6-8-13/h4-8H,3,9-12H2,1-2H3,(H,18,22). The lowest BCUT2D eigenvalue weighted by molar-refractivity contribution is 0.0942. The highest BCUT2D eigenvalue weighted by Gasteiger charge is 2.24. The predicted molar refractivity (Wildman–Crippen MR) is 85.5 cm³/mol. The average molecular weight is 298 g/mol. The van der Waals surface area contributed by atoms with Crippen LogP contribution in [0.3, 0.4) is 0 Å². The fourth-order valence-electron chi connectivity index (χ4n) is 3.00. The lowest BCUT2D eigenvalue weighted by Crippen LogP contribution is -2.30. The number of rotatable bonds is 4. The van der Waals surface area contributed by atoms with Gasteiger partial charge in [0.25, 0.3) is 5.91 Å². The topological polar surface area (TPSA) is 50.2 Å². The summed E-state index contributed by atoms with van der Waals surface area (Å²) in [4.78, 5) is 19.0. The first kappa shape index (κ1) is 14.8. The predicted octanol–water partition coefficient (Wildman–Crippen LogP) is 1.73. The van der Waals surface area contributed by atoms with Gasteiger partial charge in [0.1, 0.15) is 0 Å². The fraction of sp³-hybridized carbons (Fsp3) is 0.412. The molecule has 0 atom stereocenters. The van der Waals surface area contributed by atoms with Crippen molar-refractivity contribution in [3.8, 4) is 0 Å². The summed E-state index contributed by atoms with van der Waals surface area (Å²) in [6.07, 6.45) is 0.936. The molecule has 1 N–H and O–H groups in total. The van der Waals surface area contributed by atoms with E-state index >= 15 is 0 Å². The monoisotopic (exact) mass is 298 g/mol. The van der Waals surface area contributed by atoms with E-state index in [2.05, 4.69) is 39.5 Å². The summed E-state index contributed by atoms with van der Waals surface area (Å²) >= 11 is 0. The van der Waals surface area contributed by atoms with E-state index in [-0.39, 0.29) is 5.91 Å². The Balaban J connectivity index is 1.76. The van der Waals surface area contributed by atoms with Crippen molar-refractivity contribution >= 4 is 5.91 Å². The fourth-order valence-corrected chi connectivity index (χ4v) is 3.00. The van der Waals surface area contributed by atoms with Crippen molar-refractivity contribution in [3.63, 3.8) is 0 Å². The van der Waals surface area contributed by atoms with Crippen LogP contribution < -0.4 is 5.32 Å². The van der Waals surface area contributed by atoms with Crippen LogP contribution in [0, 0.1) is 0 Å². The second kappa shape index (κ2) is 6.32. The van der Waals surface area contributed by atoms with Gasteiger partial charge in [-0.05, 0) is 12.5 Å². The largest absolute Gasteiger partial charge is 0.350 e. The van der Waals surface area contributed by atoms with Gasteiger partial charge in [0, 0.05) is 45.3 Å². The molecule has 1 aromatic carbocycles. The van der Waals surface area contributed by atoms with E-state index in [1.54, 1.807) is 0 Å². The molecule has 2 aromatic rings. The highest BCUT2D eigenvalue weighted by atomic mass is 16.2. The zero-order chi connectivity index (χ0) is 15.5. The number of fused-ring (bicyclic) bond motifs is 1. The number of nitrogens with one attached hydrogen (secondary N) is 1. The Bertz CT molecular complexity index is 663. The summed E-state index contributed by atoms with van der Waals surface area (Å²) in [6, 6.07) is 10.5. The number of carbonyl (C=O) groups is 1. The van der Waals surface area contributed by atoms with Crippen LogP contribution in [0.15, 0.2) is 30.3 Å². The molecule has 0 saturated carbocycles. The van der Waals surface area contributed by atoms with E-state index in [1.165, 1.54) is 11.3 Å². The second-order valence-corrected chi connectivity index (χ2v) is 5.69. The van der Waals surface area contributed by atoms with Crippen LogP contribution in [-0.2, 0) is 26.6 Å². The number of aromatic nitrogens is 2. The van der Waals surface area contributed by atoms with Gasteiger partial charge in [-0.1, -0.05) is 30.3 Å². The average Bonchev–Trinajstić information content (AvgIpc) is 2.85. The Morgan fingerprint density at radius 3 is 2.82 bits per heavy atom. The molecule has 0 saturated heterocycles. The van der Waals surface area contributed by atoms with E-state index in [0.717, 1.165) is 31.7 Å². The van der Waals surface area contributed by atoms with Crippen LogP contribution >= 0.6 is 0 Å². The summed E-state index contributed by atoms with van der Waals surface area (Å²) < 4.78 is 1.94. The van der Waals surface area contributed by atoms with Crippen molar-refractivity contribution in [3.05, 3.63) is 53.1 Å². The summed E-state index contributed by atoms with van der Waals surface area (Å²) in [7, 11) is 1.93. The minimum absolute atomic E-state index is 0.0889. The van der Waals surface area contributed by atoms with E-state index < -0.39 is 0 Å². The normalized spacial score (nSPS) is 14.6. The highest BCUT2D eigenvalue weighted by Crippen LogP contribution is 2.21.